The summed E-state index contributed by atoms with van der Waals surface area (Å²) in [6, 6.07) is -0.815. The first-order valence-corrected chi connectivity index (χ1v) is 20.9. The predicted octanol–water partition coefficient (Wildman–Crippen LogP) is 5.36. The molecule has 0 bridgehead atoms. The monoisotopic (exact) mass is 835 g/mol. The Bertz CT molecular complexity index is 1370. The molecule has 0 aromatic rings. The molecule has 0 spiro atoms. The maximum Gasteiger partial charge on any atom is 0.411 e. The van der Waals surface area contributed by atoms with Gasteiger partial charge in [-0.2, -0.15) is 0 Å². The van der Waals surface area contributed by atoms with Gasteiger partial charge in [0.05, 0.1) is 53.7 Å². The number of ketones is 1. The molecule has 0 aliphatic carbocycles. The Morgan fingerprint density at radius 1 is 0.947 bits per heavy atom. The summed E-state index contributed by atoms with van der Waals surface area (Å²) in [7, 11) is 3.11. The second kappa shape index (κ2) is 20.4. The molecule has 0 saturated carbocycles. The number of Topliss-reactive ketones (excluding diaryl/α,β-unsaturated/α-hetero) is 1. The summed E-state index contributed by atoms with van der Waals surface area (Å²) in [6.45, 7) is 20.2. The number of amides is 1. The molecule has 18 atom stereocenters. The van der Waals surface area contributed by atoms with E-state index in [1.54, 1.807) is 48.7 Å². The Hall–Kier alpha value is -2.11. The molecule has 15 nitrogen and oxygen atoms in total. The number of halogens is 1. The van der Waals surface area contributed by atoms with Crippen LogP contribution in [-0.4, -0.2) is 131 Å². The van der Waals surface area contributed by atoms with E-state index < -0.39 is 120 Å². The molecule has 3 heterocycles. The van der Waals surface area contributed by atoms with Gasteiger partial charge in [0, 0.05) is 57.6 Å². The van der Waals surface area contributed by atoms with Gasteiger partial charge in [-0.1, -0.05) is 46.2 Å². The third-order valence-electron chi connectivity index (χ3n) is 12.2. The van der Waals surface area contributed by atoms with Crippen molar-refractivity contribution in [3.8, 4) is 0 Å². The van der Waals surface area contributed by atoms with E-state index in [-0.39, 0.29) is 24.7 Å². The molecule has 3 aliphatic rings. The van der Waals surface area contributed by atoms with Crippen LogP contribution in [0.3, 0.4) is 0 Å². The summed E-state index contributed by atoms with van der Waals surface area (Å²) in [5.41, 5.74) is -3.38. The predicted molar refractivity (Wildman–Crippen MR) is 209 cm³/mol. The summed E-state index contributed by atoms with van der Waals surface area (Å²) in [5, 5.41) is 24.1. The molecule has 3 saturated heterocycles. The lowest BCUT2D eigenvalue weighted by atomic mass is 9.74. The number of ether oxygens (including phenoxy) is 8. The van der Waals surface area contributed by atoms with Crippen molar-refractivity contribution in [1.82, 2.24) is 4.90 Å². The number of likely N-dealkylation sites (N-methyl/N-ethyl adjacent to an activating group) is 1. The van der Waals surface area contributed by atoms with Gasteiger partial charge in [0.1, 0.15) is 11.9 Å². The van der Waals surface area contributed by atoms with Crippen LogP contribution < -0.4 is 0 Å². The lowest BCUT2D eigenvalue weighted by Gasteiger charge is -2.48. The van der Waals surface area contributed by atoms with E-state index in [1.807, 2.05) is 20.8 Å². The van der Waals surface area contributed by atoms with Gasteiger partial charge < -0.3 is 53.0 Å². The van der Waals surface area contributed by atoms with E-state index in [0.717, 1.165) is 0 Å². The fraction of sp³-hybridized carbons (Fsp3) is 0.902. The molecule has 3 rings (SSSR count). The van der Waals surface area contributed by atoms with Crippen molar-refractivity contribution in [2.24, 2.45) is 29.6 Å². The highest BCUT2D eigenvalue weighted by molar-refractivity contribution is 6.19. The third-order valence-corrected chi connectivity index (χ3v) is 12.2. The lowest BCUT2D eigenvalue weighted by molar-refractivity contribution is -0.311. The van der Waals surface area contributed by atoms with Crippen molar-refractivity contribution in [3.05, 3.63) is 0 Å². The van der Waals surface area contributed by atoms with Gasteiger partial charge in [-0.25, -0.2) is 4.79 Å². The standard InChI is InChI=1S/C41H70ClNO14/c1-15-30-23(5)33(46)24(6)32(45)20(2)17-41(12,49)36(25(7)34(26(8)37(47)55-30)56-31-19-40(11,50-14)18-22(4)51-31)57-38-35(54-28(10)44)29(16-21(3)52-38)43(13)39(48)53-27(9)42/h20-27,29-31,33-36,38,46,49H,15-19H2,1-14H3/t20-,21-,22+,23+,24+,25+,26-,27?,29+,30-,31+,33+,34+,35-,36-,38+,40+,41-/m1/s1. The highest BCUT2D eigenvalue weighted by Gasteiger charge is 2.52. The number of hydrogen-bond donors (Lipinski definition) is 2. The van der Waals surface area contributed by atoms with Gasteiger partial charge in [0.15, 0.2) is 24.2 Å². The van der Waals surface area contributed by atoms with E-state index in [4.69, 9.17) is 49.5 Å². The average Bonchev–Trinajstić information content (AvgIpc) is 3.12. The van der Waals surface area contributed by atoms with E-state index >= 15 is 0 Å². The first-order chi connectivity index (χ1) is 26.4. The van der Waals surface area contributed by atoms with Crippen LogP contribution in [0.2, 0.25) is 0 Å². The number of rotatable bonds is 9. The topological polar surface area (TPSA) is 186 Å². The fourth-order valence-electron chi connectivity index (χ4n) is 8.94. The minimum Gasteiger partial charge on any atom is -0.462 e. The molecule has 330 valence electrons. The molecular formula is C41H70ClNO14. The molecule has 0 aromatic carbocycles. The molecule has 1 amide bonds. The van der Waals surface area contributed by atoms with Crippen molar-refractivity contribution in [1.29, 1.82) is 0 Å². The van der Waals surface area contributed by atoms with Gasteiger partial charge in [-0.15, -0.1) is 0 Å². The van der Waals surface area contributed by atoms with Crippen LogP contribution in [0.5, 0.6) is 0 Å². The Morgan fingerprint density at radius 2 is 1.58 bits per heavy atom. The van der Waals surface area contributed by atoms with E-state index in [0.29, 0.717) is 19.3 Å². The SMILES string of the molecule is CC[C@H]1OC(=O)[C@H](C)[C@@H](O[C@H]2C[C@@](C)(OC)C[C@H](C)O2)[C@H](C)[C@@H](O[C@@H]2O[C@H](C)C[C@H](N(C)C(=O)OC(C)Cl)[C@H]2OC(C)=O)[C@](C)(O)C[C@@H](C)C(=O)[C@H](C)[C@@H](O)[C@H]1C. The van der Waals surface area contributed by atoms with Gasteiger partial charge >= 0.3 is 18.0 Å². The van der Waals surface area contributed by atoms with E-state index in [9.17, 15) is 29.4 Å². The second-order valence-corrected chi connectivity index (χ2v) is 18.0. The zero-order chi connectivity index (χ0) is 43.3. The Labute approximate surface area is 344 Å². The maximum atomic E-state index is 14.2. The Balaban J connectivity index is 2.22. The average molecular weight is 836 g/mol. The number of carbonyl (C=O) groups excluding carboxylic acids is 4. The van der Waals surface area contributed by atoms with Crippen LogP contribution in [0.1, 0.15) is 115 Å². The van der Waals surface area contributed by atoms with E-state index in [2.05, 4.69) is 0 Å². The number of aliphatic hydroxyl groups is 2. The van der Waals surface area contributed by atoms with Crippen LogP contribution in [-0.2, 0) is 52.3 Å². The summed E-state index contributed by atoms with van der Waals surface area (Å²) >= 11 is 5.97. The molecule has 57 heavy (non-hydrogen) atoms. The number of cyclic esters (lactones) is 1. The van der Waals surface area contributed by atoms with Crippen LogP contribution in [0, 0.1) is 29.6 Å². The molecule has 3 fully saturated rings. The fourth-order valence-corrected chi connectivity index (χ4v) is 9.02. The largest absolute Gasteiger partial charge is 0.462 e. The number of alkyl halides is 1. The van der Waals surface area contributed by atoms with Gasteiger partial charge in [0.25, 0.3) is 0 Å². The van der Waals surface area contributed by atoms with Crippen molar-refractivity contribution in [2.45, 2.75) is 193 Å². The lowest BCUT2D eigenvalue weighted by Crippen LogP contribution is -2.61. The van der Waals surface area contributed by atoms with Crippen molar-refractivity contribution < 1.29 is 67.3 Å². The summed E-state index contributed by atoms with van der Waals surface area (Å²) in [6.07, 6.45) is -7.77. The van der Waals surface area contributed by atoms with Crippen molar-refractivity contribution in [2.75, 3.05) is 14.2 Å². The number of esters is 2. The zero-order valence-corrected chi connectivity index (χ0v) is 37.1. The van der Waals surface area contributed by atoms with Crippen LogP contribution >= 0.6 is 11.6 Å². The van der Waals surface area contributed by atoms with Crippen LogP contribution in [0.15, 0.2) is 0 Å². The molecule has 0 radical (unpaired) electrons. The number of aliphatic hydroxyl groups excluding tert-OH is 1. The van der Waals surface area contributed by atoms with Crippen molar-refractivity contribution in [3.63, 3.8) is 0 Å². The van der Waals surface area contributed by atoms with E-state index in [1.165, 1.54) is 32.7 Å². The molecule has 0 aromatic heterocycles. The van der Waals surface area contributed by atoms with Crippen LogP contribution in [0.4, 0.5) is 4.79 Å². The Morgan fingerprint density at radius 3 is 2.14 bits per heavy atom. The highest BCUT2D eigenvalue weighted by atomic mass is 35.5. The molecule has 16 heteroatoms. The van der Waals surface area contributed by atoms with Gasteiger partial charge in [-0.05, 0) is 60.8 Å². The van der Waals surface area contributed by atoms with Crippen molar-refractivity contribution >= 4 is 35.4 Å². The maximum absolute atomic E-state index is 14.2. The third kappa shape index (κ3) is 12.5. The number of methoxy groups -OCH3 is 1. The minimum absolute atomic E-state index is 0.127. The summed E-state index contributed by atoms with van der Waals surface area (Å²) in [5.74, 6) is -5.64. The van der Waals surface area contributed by atoms with Gasteiger partial charge in [-0.3, -0.25) is 14.4 Å². The molecule has 2 N–H and O–H groups in total. The summed E-state index contributed by atoms with van der Waals surface area (Å²) in [4.78, 5) is 55.2. The zero-order valence-electron chi connectivity index (χ0n) is 36.4. The molecule has 3 aliphatic heterocycles. The Kier molecular flexibility index (Phi) is 17.7. The normalized spacial score (nSPS) is 43.3. The summed E-state index contributed by atoms with van der Waals surface area (Å²) < 4.78 is 49.2. The first kappa shape index (κ1) is 49.3. The molecular weight excluding hydrogens is 766 g/mol. The quantitative estimate of drug-likeness (QED) is 0.172. The van der Waals surface area contributed by atoms with Crippen LogP contribution in [0.25, 0.3) is 0 Å². The number of carbonyl (C=O) groups is 4. The minimum atomic E-state index is -1.84. The smallest absolute Gasteiger partial charge is 0.411 e. The number of nitrogens with zero attached hydrogens (tertiary/aromatic N) is 1. The molecule has 1 unspecified atom stereocenters. The second-order valence-electron chi connectivity index (χ2n) is 17.4. The number of hydrogen-bond acceptors (Lipinski definition) is 14. The van der Waals surface area contributed by atoms with Gasteiger partial charge in [0.2, 0.25) is 0 Å². The first-order valence-electron chi connectivity index (χ1n) is 20.4. The highest BCUT2D eigenvalue weighted by Crippen LogP contribution is 2.41.